The summed E-state index contributed by atoms with van der Waals surface area (Å²) in [7, 11) is -0.860. The summed E-state index contributed by atoms with van der Waals surface area (Å²) in [6, 6.07) is 12.3. The van der Waals surface area contributed by atoms with Crippen molar-refractivity contribution in [2.24, 2.45) is 0 Å². The van der Waals surface area contributed by atoms with Crippen LogP contribution in [-0.2, 0) is 15.8 Å². The van der Waals surface area contributed by atoms with Crippen LogP contribution in [0.5, 0.6) is 11.5 Å². The Balaban J connectivity index is 1.68. The summed E-state index contributed by atoms with van der Waals surface area (Å²) in [5, 5.41) is 0. The molecule has 1 fully saturated rings. The first kappa shape index (κ1) is 23.4. The van der Waals surface area contributed by atoms with Crippen LogP contribution in [0, 0.1) is 0 Å². The molecule has 0 radical (unpaired) electrons. The lowest BCUT2D eigenvalue weighted by atomic mass is 10.1. The zero-order valence-corrected chi connectivity index (χ0v) is 19.7. The lowest BCUT2D eigenvalue weighted by Gasteiger charge is -2.34. The van der Waals surface area contributed by atoms with Crippen LogP contribution in [-0.4, -0.2) is 69.7 Å². The second-order valence-electron chi connectivity index (χ2n) is 7.05. The minimum atomic E-state index is -3.78. The molecule has 0 aromatic heterocycles. The monoisotopic (exact) mass is 464 g/mol. The van der Waals surface area contributed by atoms with E-state index in [1.54, 1.807) is 17.0 Å². The summed E-state index contributed by atoms with van der Waals surface area (Å²) in [5.74, 6) is 2.60. The van der Waals surface area contributed by atoms with E-state index in [0.29, 0.717) is 24.4 Å². The fourth-order valence-electron chi connectivity index (χ4n) is 3.40. The smallest absolute Gasteiger partial charge is 0.253 e. The van der Waals surface area contributed by atoms with Gasteiger partial charge in [0.2, 0.25) is 10.0 Å². The number of ether oxygens (including phenoxy) is 2. The van der Waals surface area contributed by atoms with Crippen LogP contribution < -0.4 is 9.47 Å². The van der Waals surface area contributed by atoms with Crippen molar-refractivity contribution in [3.05, 3.63) is 53.6 Å². The van der Waals surface area contributed by atoms with Gasteiger partial charge in [-0.05, 0) is 35.6 Å². The second kappa shape index (κ2) is 10.4. The van der Waals surface area contributed by atoms with E-state index in [9.17, 15) is 13.2 Å². The lowest BCUT2D eigenvalue weighted by molar-refractivity contribution is 0.0698. The standard InChI is InChI=1S/C22H28N2O5S2/c1-4-30-16-17-5-7-18(8-6-17)22(25)23-11-13-24(14-12-23)31(26,27)21-15-19(28-2)9-10-20(21)29-3/h5-10,15H,4,11-14,16H2,1-3H3. The predicted molar refractivity (Wildman–Crippen MR) is 122 cm³/mol. The Hall–Kier alpha value is -2.23. The Morgan fingerprint density at radius 2 is 1.68 bits per heavy atom. The number of thioether (sulfide) groups is 1. The van der Waals surface area contributed by atoms with Crippen LogP contribution >= 0.6 is 11.8 Å². The van der Waals surface area contributed by atoms with Crippen LogP contribution in [0.25, 0.3) is 0 Å². The zero-order valence-electron chi connectivity index (χ0n) is 18.0. The summed E-state index contributed by atoms with van der Waals surface area (Å²) in [4.78, 5) is 14.6. The van der Waals surface area contributed by atoms with E-state index >= 15 is 0 Å². The molecule has 0 atom stereocenters. The maximum atomic E-state index is 13.2. The molecular weight excluding hydrogens is 436 g/mol. The Labute approximate surface area is 188 Å². The third-order valence-electron chi connectivity index (χ3n) is 5.19. The maximum absolute atomic E-state index is 13.2. The molecule has 9 heteroatoms. The molecule has 0 saturated carbocycles. The predicted octanol–water partition coefficient (Wildman–Crippen LogP) is 3.10. The molecule has 1 aliphatic rings. The van der Waals surface area contributed by atoms with E-state index in [4.69, 9.17) is 9.47 Å². The quantitative estimate of drug-likeness (QED) is 0.598. The lowest BCUT2D eigenvalue weighted by Crippen LogP contribution is -2.50. The highest BCUT2D eigenvalue weighted by molar-refractivity contribution is 7.98. The first-order valence-corrected chi connectivity index (χ1v) is 12.7. The summed E-state index contributed by atoms with van der Waals surface area (Å²) in [6.45, 7) is 3.22. The van der Waals surface area contributed by atoms with Gasteiger partial charge in [0.1, 0.15) is 16.4 Å². The molecule has 168 valence electrons. The average Bonchev–Trinajstić information content (AvgIpc) is 2.82. The summed E-state index contributed by atoms with van der Waals surface area (Å²) in [6.07, 6.45) is 0. The Morgan fingerprint density at radius 1 is 1.00 bits per heavy atom. The second-order valence-corrected chi connectivity index (χ2v) is 10.2. The van der Waals surface area contributed by atoms with Crippen molar-refractivity contribution in [3.8, 4) is 11.5 Å². The minimum absolute atomic E-state index is 0.0645. The van der Waals surface area contributed by atoms with Crippen LogP contribution in [0.4, 0.5) is 0 Å². The van der Waals surface area contributed by atoms with Crippen LogP contribution in [0.1, 0.15) is 22.8 Å². The maximum Gasteiger partial charge on any atom is 0.253 e. The van der Waals surface area contributed by atoms with Gasteiger partial charge in [-0.3, -0.25) is 4.79 Å². The number of methoxy groups -OCH3 is 2. The molecular formula is C22H28N2O5S2. The van der Waals surface area contributed by atoms with Gasteiger partial charge in [0.25, 0.3) is 5.91 Å². The Bertz CT molecular complexity index is 1000. The molecule has 1 amide bonds. The largest absolute Gasteiger partial charge is 0.497 e. The fourth-order valence-corrected chi connectivity index (χ4v) is 5.63. The normalized spacial score (nSPS) is 15.0. The van der Waals surface area contributed by atoms with E-state index in [2.05, 4.69) is 6.92 Å². The number of amides is 1. The molecule has 1 saturated heterocycles. The van der Waals surface area contributed by atoms with E-state index in [0.717, 1.165) is 11.5 Å². The van der Waals surface area contributed by atoms with Gasteiger partial charge in [-0.2, -0.15) is 16.1 Å². The number of hydrogen-bond acceptors (Lipinski definition) is 6. The first-order valence-electron chi connectivity index (χ1n) is 10.1. The van der Waals surface area contributed by atoms with Gasteiger partial charge in [0, 0.05) is 43.6 Å². The molecule has 31 heavy (non-hydrogen) atoms. The molecule has 1 heterocycles. The van der Waals surface area contributed by atoms with Gasteiger partial charge in [-0.1, -0.05) is 19.1 Å². The van der Waals surface area contributed by atoms with Gasteiger partial charge >= 0.3 is 0 Å². The minimum Gasteiger partial charge on any atom is -0.497 e. The highest BCUT2D eigenvalue weighted by atomic mass is 32.2. The number of benzene rings is 2. The average molecular weight is 465 g/mol. The highest BCUT2D eigenvalue weighted by Gasteiger charge is 2.32. The summed E-state index contributed by atoms with van der Waals surface area (Å²) < 4.78 is 38.2. The van der Waals surface area contributed by atoms with Crippen LogP contribution in [0.15, 0.2) is 47.4 Å². The molecule has 2 aromatic carbocycles. The molecule has 2 aromatic rings. The van der Waals surface area contributed by atoms with Gasteiger partial charge in [-0.25, -0.2) is 8.42 Å². The number of carbonyl (C=O) groups excluding carboxylic acids is 1. The number of rotatable bonds is 8. The summed E-state index contributed by atoms with van der Waals surface area (Å²) in [5.41, 5.74) is 1.81. The molecule has 0 unspecified atom stereocenters. The van der Waals surface area contributed by atoms with Crippen LogP contribution in [0.3, 0.4) is 0 Å². The van der Waals surface area contributed by atoms with Crippen molar-refractivity contribution in [2.75, 3.05) is 46.2 Å². The van der Waals surface area contributed by atoms with E-state index in [1.807, 2.05) is 36.0 Å². The van der Waals surface area contributed by atoms with E-state index < -0.39 is 10.0 Å². The van der Waals surface area contributed by atoms with Crippen molar-refractivity contribution < 1.29 is 22.7 Å². The molecule has 3 rings (SSSR count). The van der Waals surface area contributed by atoms with Crippen molar-refractivity contribution in [2.45, 2.75) is 17.6 Å². The van der Waals surface area contributed by atoms with Gasteiger partial charge < -0.3 is 14.4 Å². The van der Waals surface area contributed by atoms with E-state index in [1.165, 1.54) is 30.2 Å². The number of carbonyl (C=O) groups is 1. The summed E-state index contributed by atoms with van der Waals surface area (Å²) >= 11 is 1.83. The third kappa shape index (κ3) is 5.34. The zero-order chi connectivity index (χ0) is 22.4. The number of nitrogens with zero attached hydrogens (tertiary/aromatic N) is 2. The van der Waals surface area contributed by atoms with Crippen molar-refractivity contribution in [1.29, 1.82) is 0 Å². The first-order chi connectivity index (χ1) is 14.9. The van der Waals surface area contributed by atoms with Gasteiger partial charge in [0.05, 0.1) is 14.2 Å². The topological polar surface area (TPSA) is 76.2 Å². The molecule has 7 nitrogen and oxygen atoms in total. The van der Waals surface area contributed by atoms with Gasteiger partial charge in [0.15, 0.2) is 0 Å². The van der Waals surface area contributed by atoms with Gasteiger partial charge in [-0.15, -0.1) is 0 Å². The molecule has 1 aliphatic heterocycles. The highest BCUT2D eigenvalue weighted by Crippen LogP contribution is 2.31. The van der Waals surface area contributed by atoms with Crippen molar-refractivity contribution in [1.82, 2.24) is 9.21 Å². The molecule has 0 bridgehead atoms. The Morgan fingerprint density at radius 3 is 2.26 bits per heavy atom. The SMILES string of the molecule is CCSCc1ccc(C(=O)N2CCN(S(=O)(=O)c3cc(OC)ccc3OC)CC2)cc1. The Kier molecular flexibility index (Phi) is 7.85. The third-order valence-corrected chi connectivity index (χ3v) is 8.05. The fraction of sp³-hybridized carbons (Fsp3) is 0.409. The van der Waals surface area contributed by atoms with Crippen molar-refractivity contribution >= 4 is 27.7 Å². The van der Waals surface area contributed by atoms with E-state index in [-0.39, 0.29) is 29.6 Å². The van der Waals surface area contributed by atoms with Crippen LogP contribution in [0.2, 0.25) is 0 Å². The number of piperazine rings is 1. The molecule has 0 N–H and O–H groups in total. The van der Waals surface area contributed by atoms with Crippen molar-refractivity contribution in [3.63, 3.8) is 0 Å². The number of sulfonamides is 1. The molecule has 0 aliphatic carbocycles. The molecule has 0 spiro atoms. The number of hydrogen-bond donors (Lipinski definition) is 0.